The fraction of sp³-hybridized carbons (Fsp3) is 0.538. The van der Waals surface area contributed by atoms with Gasteiger partial charge in [-0.25, -0.2) is 0 Å². The van der Waals surface area contributed by atoms with E-state index in [2.05, 4.69) is 12.2 Å². The number of hydrogen-bond acceptors (Lipinski definition) is 2. The van der Waals surface area contributed by atoms with Crippen LogP contribution in [0.1, 0.15) is 31.4 Å². The Morgan fingerprint density at radius 2 is 2.18 bits per heavy atom. The van der Waals surface area contributed by atoms with Crippen LogP contribution < -0.4 is 5.32 Å². The van der Waals surface area contributed by atoms with E-state index in [4.69, 9.17) is 11.6 Å². The minimum absolute atomic E-state index is 0. The van der Waals surface area contributed by atoms with Gasteiger partial charge in [0.05, 0.1) is 6.10 Å². The Balaban J connectivity index is 0.00000108. The van der Waals surface area contributed by atoms with Gasteiger partial charge in [-0.05, 0) is 43.4 Å². The van der Waals surface area contributed by atoms with Gasteiger partial charge in [-0.3, -0.25) is 0 Å². The maximum absolute atomic E-state index is 10.3. The molecule has 94 valence electrons. The van der Waals surface area contributed by atoms with Crippen molar-refractivity contribution in [1.29, 1.82) is 0 Å². The van der Waals surface area contributed by atoms with E-state index < -0.39 is 6.10 Å². The number of rotatable bonds is 2. The standard InChI is InChI=1S/C13H16ClNO.ClH/c1-13-6-9(7-13)11(15-13)12(16)8-3-2-4-10(14)5-8;/h2-5,9,11-12,15-16H,6-7H2,1H3;1H/t9?,11-,12-,13?;/m0./s1. The van der Waals surface area contributed by atoms with Crippen molar-refractivity contribution in [3.05, 3.63) is 34.9 Å². The van der Waals surface area contributed by atoms with Gasteiger partial charge in [-0.15, -0.1) is 12.4 Å². The highest BCUT2D eigenvalue weighted by atomic mass is 35.5. The molecule has 0 aromatic heterocycles. The van der Waals surface area contributed by atoms with Gasteiger partial charge >= 0.3 is 0 Å². The second kappa shape index (κ2) is 4.43. The van der Waals surface area contributed by atoms with Crippen LogP contribution in [0.5, 0.6) is 0 Å². The van der Waals surface area contributed by atoms with E-state index in [9.17, 15) is 5.11 Å². The number of fused-ring (bicyclic) bond motifs is 1. The van der Waals surface area contributed by atoms with E-state index in [1.54, 1.807) is 0 Å². The third-order valence-electron chi connectivity index (χ3n) is 3.98. The van der Waals surface area contributed by atoms with Crippen LogP contribution >= 0.6 is 24.0 Å². The van der Waals surface area contributed by atoms with Gasteiger partial charge < -0.3 is 10.4 Å². The molecule has 2 nitrogen and oxygen atoms in total. The fourth-order valence-electron chi connectivity index (χ4n) is 3.22. The topological polar surface area (TPSA) is 32.3 Å². The molecule has 2 bridgehead atoms. The number of nitrogens with one attached hydrogen (secondary N) is 1. The summed E-state index contributed by atoms with van der Waals surface area (Å²) in [5.41, 5.74) is 1.19. The second-order valence-electron chi connectivity index (χ2n) is 5.40. The maximum atomic E-state index is 10.3. The molecule has 0 spiro atoms. The maximum Gasteiger partial charge on any atom is 0.0946 e. The van der Waals surface area contributed by atoms with Crippen LogP contribution in [0.15, 0.2) is 24.3 Å². The molecule has 4 heteroatoms. The molecule has 2 aliphatic heterocycles. The minimum Gasteiger partial charge on any atom is -0.387 e. The summed E-state index contributed by atoms with van der Waals surface area (Å²) in [5, 5.41) is 14.6. The number of aliphatic hydroxyl groups excluding tert-OH is 1. The van der Waals surface area contributed by atoms with Crippen molar-refractivity contribution in [3.63, 3.8) is 0 Å². The van der Waals surface area contributed by atoms with E-state index in [-0.39, 0.29) is 24.0 Å². The molecule has 2 atom stereocenters. The molecule has 2 saturated heterocycles. The highest BCUT2D eigenvalue weighted by molar-refractivity contribution is 6.30. The lowest BCUT2D eigenvalue weighted by atomic mass is 9.72. The largest absolute Gasteiger partial charge is 0.387 e. The molecule has 3 fully saturated rings. The van der Waals surface area contributed by atoms with Gasteiger partial charge in [-0.2, -0.15) is 0 Å². The molecular formula is C13H17Cl2NO. The van der Waals surface area contributed by atoms with Crippen LogP contribution in [0.2, 0.25) is 5.02 Å². The smallest absolute Gasteiger partial charge is 0.0946 e. The lowest BCUT2D eigenvalue weighted by molar-refractivity contribution is 0.121. The fourth-order valence-corrected chi connectivity index (χ4v) is 3.42. The van der Waals surface area contributed by atoms with Crippen molar-refractivity contribution in [2.45, 2.75) is 37.5 Å². The van der Waals surface area contributed by atoms with Gasteiger partial charge in [0, 0.05) is 16.6 Å². The van der Waals surface area contributed by atoms with Crippen molar-refractivity contribution in [2.75, 3.05) is 0 Å². The first-order valence-electron chi connectivity index (χ1n) is 5.79. The summed E-state index contributed by atoms with van der Waals surface area (Å²) in [6.07, 6.45) is 1.94. The van der Waals surface area contributed by atoms with Gasteiger partial charge in [0.2, 0.25) is 0 Å². The Morgan fingerprint density at radius 1 is 1.47 bits per heavy atom. The van der Waals surface area contributed by atoms with E-state index in [1.807, 2.05) is 24.3 Å². The third-order valence-corrected chi connectivity index (χ3v) is 4.21. The Kier molecular flexibility index (Phi) is 3.43. The molecule has 1 aromatic carbocycles. The highest BCUT2D eigenvalue weighted by Gasteiger charge is 2.54. The zero-order valence-corrected chi connectivity index (χ0v) is 11.3. The van der Waals surface area contributed by atoms with Crippen molar-refractivity contribution >= 4 is 24.0 Å². The molecule has 0 radical (unpaired) electrons. The molecule has 0 unspecified atom stereocenters. The monoisotopic (exact) mass is 273 g/mol. The second-order valence-corrected chi connectivity index (χ2v) is 5.84. The molecule has 4 rings (SSSR count). The van der Waals surface area contributed by atoms with E-state index in [0.717, 1.165) is 5.56 Å². The minimum atomic E-state index is -0.437. The van der Waals surface area contributed by atoms with Crippen LogP contribution in [0.4, 0.5) is 0 Å². The number of hydrogen-bond donors (Lipinski definition) is 2. The average molecular weight is 274 g/mol. The molecule has 17 heavy (non-hydrogen) atoms. The van der Waals surface area contributed by atoms with Crippen LogP contribution in [-0.2, 0) is 0 Å². The Morgan fingerprint density at radius 3 is 2.71 bits per heavy atom. The summed E-state index contributed by atoms with van der Waals surface area (Å²) in [5.74, 6) is 0.624. The first-order valence-corrected chi connectivity index (χ1v) is 6.16. The van der Waals surface area contributed by atoms with Crippen LogP contribution in [0, 0.1) is 5.92 Å². The predicted molar refractivity (Wildman–Crippen MR) is 71.7 cm³/mol. The number of halogens is 2. The van der Waals surface area contributed by atoms with E-state index in [0.29, 0.717) is 10.9 Å². The molecular weight excluding hydrogens is 257 g/mol. The summed E-state index contributed by atoms with van der Waals surface area (Å²) in [7, 11) is 0. The van der Waals surface area contributed by atoms with Crippen molar-refractivity contribution in [1.82, 2.24) is 5.32 Å². The van der Waals surface area contributed by atoms with Crippen molar-refractivity contribution in [3.8, 4) is 0 Å². The van der Waals surface area contributed by atoms with Crippen molar-refractivity contribution < 1.29 is 5.11 Å². The quantitative estimate of drug-likeness (QED) is 0.869. The van der Waals surface area contributed by atoms with Gasteiger partial charge in [0.25, 0.3) is 0 Å². The molecule has 2 N–H and O–H groups in total. The molecule has 3 aliphatic rings. The molecule has 1 aromatic rings. The van der Waals surface area contributed by atoms with Crippen LogP contribution in [0.3, 0.4) is 0 Å². The predicted octanol–water partition coefficient (Wildman–Crippen LogP) is 2.94. The first kappa shape index (κ1) is 13.2. The third kappa shape index (κ3) is 2.19. The molecule has 1 saturated carbocycles. The first-order chi connectivity index (χ1) is 7.57. The highest BCUT2D eigenvalue weighted by Crippen LogP contribution is 2.50. The SMILES string of the molecule is CC12CC(C1)[C@@H]([C@@H](O)c1cccc(Cl)c1)N2.Cl. The van der Waals surface area contributed by atoms with E-state index in [1.165, 1.54) is 12.8 Å². The summed E-state index contributed by atoms with van der Waals surface area (Å²) < 4.78 is 0. The van der Waals surface area contributed by atoms with Gasteiger partial charge in [0.15, 0.2) is 0 Å². The number of aliphatic hydroxyl groups is 1. The Hall–Kier alpha value is -0.280. The normalized spacial score (nSPS) is 35.9. The zero-order chi connectivity index (χ0) is 11.3. The Bertz CT molecular complexity index is 418. The lowest BCUT2D eigenvalue weighted by Crippen LogP contribution is -2.40. The summed E-state index contributed by atoms with van der Waals surface area (Å²) in [6.45, 7) is 2.23. The summed E-state index contributed by atoms with van der Waals surface area (Å²) in [6, 6.07) is 7.72. The van der Waals surface area contributed by atoms with Crippen LogP contribution in [0.25, 0.3) is 0 Å². The average Bonchev–Trinajstić information content (AvgIpc) is 2.70. The summed E-state index contributed by atoms with van der Waals surface area (Å²) >= 11 is 5.94. The zero-order valence-electron chi connectivity index (χ0n) is 9.69. The lowest BCUT2D eigenvalue weighted by Gasteiger charge is -2.33. The van der Waals surface area contributed by atoms with Gasteiger partial charge in [0.1, 0.15) is 0 Å². The summed E-state index contributed by atoms with van der Waals surface area (Å²) in [4.78, 5) is 0. The molecule has 1 aliphatic carbocycles. The van der Waals surface area contributed by atoms with Gasteiger partial charge in [-0.1, -0.05) is 23.7 Å². The van der Waals surface area contributed by atoms with Crippen LogP contribution in [-0.4, -0.2) is 16.7 Å². The number of benzene rings is 1. The Labute approximate surface area is 113 Å². The molecule has 2 heterocycles. The van der Waals surface area contributed by atoms with E-state index >= 15 is 0 Å². The molecule has 0 amide bonds. The van der Waals surface area contributed by atoms with Crippen molar-refractivity contribution in [2.24, 2.45) is 5.92 Å².